The van der Waals surface area contributed by atoms with Gasteiger partial charge in [0.1, 0.15) is 0 Å². The molecule has 3 aromatic carbocycles. The monoisotopic (exact) mass is 424 g/mol. The summed E-state index contributed by atoms with van der Waals surface area (Å²) in [6.45, 7) is 0.537. The molecule has 0 atom stereocenters. The lowest BCUT2D eigenvalue weighted by Gasteiger charge is -2.18. The maximum Gasteiger partial charge on any atom is 0.261 e. The maximum absolute atomic E-state index is 12.9. The molecule has 5 nitrogen and oxygen atoms in total. The zero-order valence-corrected chi connectivity index (χ0v) is 17.5. The van der Waals surface area contributed by atoms with Crippen molar-refractivity contribution in [3.05, 3.63) is 83.9 Å². The fourth-order valence-corrected chi connectivity index (χ4v) is 5.17. The van der Waals surface area contributed by atoms with Gasteiger partial charge in [-0.2, -0.15) is 0 Å². The molecule has 0 bridgehead atoms. The lowest BCUT2D eigenvalue weighted by atomic mass is 10.1. The molecule has 0 radical (unpaired) electrons. The van der Waals surface area contributed by atoms with E-state index in [1.165, 1.54) is 11.8 Å². The highest BCUT2D eigenvalue weighted by Crippen LogP contribution is 2.33. The molecule has 0 saturated heterocycles. The van der Waals surface area contributed by atoms with Gasteiger partial charge in [0.05, 0.1) is 10.6 Å². The van der Waals surface area contributed by atoms with Gasteiger partial charge in [0.2, 0.25) is 0 Å². The third-order valence-corrected chi connectivity index (χ3v) is 7.03. The highest BCUT2D eigenvalue weighted by molar-refractivity contribution is 7.99. The van der Waals surface area contributed by atoms with Crippen molar-refractivity contribution in [1.29, 1.82) is 0 Å². The summed E-state index contributed by atoms with van der Waals surface area (Å²) in [6, 6.07) is 21.3. The van der Waals surface area contributed by atoms with E-state index in [2.05, 4.69) is 4.72 Å². The van der Waals surface area contributed by atoms with Crippen LogP contribution in [0.1, 0.15) is 15.9 Å². The predicted molar refractivity (Wildman–Crippen MR) is 117 cm³/mol. The lowest BCUT2D eigenvalue weighted by molar-refractivity contribution is 0.0989. The van der Waals surface area contributed by atoms with Crippen LogP contribution in [0.4, 0.5) is 11.4 Å². The molecule has 0 aromatic heterocycles. The Morgan fingerprint density at radius 1 is 1.00 bits per heavy atom. The second kappa shape index (κ2) is 7.93. The molecule has 1 aliphatic rings. The Labute approximate surface area is 174 Å². The number of benzene rings is 3. The molecule has 4 rings (SSSR count). The van der Waals surface area contributed by atoms with Crippen LogP contribution >= 0.6 is 11.8 Å². The first kappa shape index (κ1) is 19.5. The molecule has 0 aliphatic carbocycles. The first-order valence-corrected chi connectivity index (χ1v) is 11.9. The number of nitrogens with zero attached hydrogens (tertiary/aromatic N) is 1. The molecule has 0 fully saturated rings. The van der Waals surface area contributed by atoms with Crippen LogP contribution < -0.4 is 9.62 Å². The van der Waals surface area contributed by atoms with Gasteiger partial charge in [-0.1, -0.05) is 30.3 Å². The van der Waals surface area contributed by atoms with E-state index in [1.54, 1.807) is 47.4 Å². The third kappa shape index (κ3) is 3.88. The van der Waals surface area contributed by atoms with Crippen molar-refractivity contribution >= 4 is 39.1 Å². The van der Waals surface area contributed by atoms with Crippen LogP contribution in [0.25, 0.3) is 0 Å². The normalized spacial score (nSPS) is 13.2. The molecule has 0 unspecified atom stereocenters. The van der Waals surface area contributed by atoms with Crippen molar-refractivity contribution in [1.82, 2.24) is 0 Å². The molecule has 1 aliphatic heterocycles. The fourth-order valence-electron chi connectivity index (χ4n) is 3.43. The van der Waals surface area contributed by atoms with Crippen LogP contribution in [0.5, 0.6) is 0 Å². The number of hydrogen-bond acceptors (Lipinski definition) is 4. The van der Waals surface area contributed by atoms with Gasteiger partial charge in [0.15, 0.2) is 0 Å². The molecular weight excluding hydrogens is 404 g/mol. The van der Waals surface area contributed by atoms with E-state index in [-0.39, 0.29) is 10.8 Å². The van der Waals surface area contributed by atoms with Gasteiger partial charge in [0.25, 0.3) is 15.9 Å². The smallest absolute Gasteiger partial charge is 0.261 e. The second-order valence-electron chi connectivity index (χ2n) is 6.67. The number of para-hydroxylation sites is 1. The highest BCUT2D eigenvalue weighted by Gasteiger charge is 2.27. The van der Waals surface area contributed by atoms with Crippen LogP contribution in [-0.4, -0.2) is 27.1 Å². The van der Waals surface area contributed by atoms with E-state index in [0.717, 1.165) is 16.1 Å². The first-order valence-electron chi connectivity index (χ1n) is 9.15. The van der Waals surface area contributed by atoms with Gasteiger partial charge in [-0.3, -0.25) is 9.52 Å². The van der Waals surface area contributed by atoms with Gasteiger partial charge in [-0.15, -0.1) is 11.8 Å². The first-order chi connectivity index (χ1) is 14.0. The summed E-state index contributed by atoms with van der Waals surface area (Å²) in [4.78, 5) is 15.6. The standard InChI is InChI=1S/C22H20N2O3S2/c1-28-21-10-6-5-9-19(21)23-29(26,27)18-11-12-20-17(15-18)13-14-24(20)22(25)16-7-3-2-4-8-16/h2-12,15,23H,13-14H2,1H3. The summed E-state index contributed by atoms with van der Waals surface area (Å²) < 4.78 is 28.5. The summed E-state index contributed by atoms with van der Waals surface area (Å²) in [5.74, 6) is -0.0769. The number of carbonyl (C=O) groups is 1. The number of nitrogens with one attached hydrogen (secondary N) is 1. The number of hydrogen-bond donors (Lipinski definition) is 1. The van der Waals surface area contributed by atoms with Crippen molar-refractivity contribution < 1.29 is 13.2 Å². The van der Waals surface area contributed by atoms with Crippen LogP contribution in [-0.2, 0) is 16.4 Å². The Hall–Kier alpha value is -2.77. The number of carbonyl (C=O) groups excluding carboxylic acids is 1. The fraction of sp³-hybridized carbons (Fsp3) is 0.136. The Kier molecular flexibility index (Phi) is 5.34. The SMILES string of the molecule is CSc1ccccc1NS(=O)(=O)c1ccc2c(c1)CCN2C(=O)c1ccccc1. The van der Waals surface area contributed by atoms with E-state index < -0.39 is 10.0 Å². The topological polar surface area (TPSA) is 66.5 Å². The Morgan fingerprint density at radius 3 is 2.48 bits per heavy atom. The van der Waals surface area contributed by atoms with Crippen molar-refractivity contribution in [2.24, 2.45) is 0 Å². The summed E-state index contributed by atoms with van der Waals surface area (Å²) in [6.07, 6.45) is 2.53. The van der Waals surface area contributed by atoms with Gasteiger partial charge >= 0.3 is 0 Å². The van der Waals surface area contributed by atoms with Crippen LogP contribution in [0.2, 0.25) is 0 Å². The van der Waals surface area contributed by atoms with E-state index in [0.29, 0.717) is 24.2 Å². The van der Waals surface area contributed by atoms with Gasteiger partial charge in [0, 0.05) is 22.7 Å². The number of fused-ring (bicyclic) bond motifs is 1. The number of amides is 1. The van der Waals surface area contributed by atoms with E-state index in [9.17, 15) is 13.2 Å². The molecule has 148 valence electrons. The minimum Gasteiger partial charge on any atom is -0.308 e. The number of sulfonamides is 1. The molecule has 0 saturated carbocycles. The molecule has 29 heavy (non-hydrogen) atoms. The molecule has 0 spiro atoms. The molecule has 1 heterocycles. The van der Waals surface area contributed by atoms with Crippen molar-refractivity contribution in [2.45, 2.75) is 16.2 Å². The van der Waals surface area contributed by atoms with Crippen LogP contribution in [0.15, 0.2) is 82.6 Å². The molecule has 3 aromatic rings. The molecular formula is C22H20N2O3S2. The zero-order chi connectivity index (χ0) is 20.4. The lowest BCUT2D eigenvalue weighted by Crippen LogP contribution is -2.28. The Balaban J connectivity index is 1.61. The Bertz CT molecular complexity index is 1160. The minimum atomic E-state index is -3.72. The van der Waals surface area contributed by atoms with E-state index in [1.807, 2.05) is 36.6 Å². The average molecular weight is 425 g/mol. The quantitative estimate of drug-likeness (QED) is 0.616. The predicted octanol–water partition coefficient (Wildman–Crippen LogP) is 4.41. The van der Waals surface area contributed by atoms with E-state index in [4.69, 9.17) is 0 Å². The highest BCUT2D eigenvalue weighted by atomic mass is 32.2. The zero-order valence-electron chi connectivity index (χ0n) is 15.8. The van der Waals surface area contributed by atoms with Gasteiger partial charge in [-0.05, 0) is 60.7 Å². The third-order valence-electron chi connectivity index (χ3n) is 4.87. The van der Waals surface area contributed by atoms with Crippen LogP contribution in [0.3, 0.4) is 0 Å². The molecule has 1 amide bonds. The summed E-state index contributed by atoms with van der Waals surface area (Å²) in [7, 11) is -3.72. The summed E-state index contributed by atoms with van der Waals surface area (Å²) >= 11 is 1.48. The summed E-state index contributed by atoms with van der Waals surface area (Å²) in [5.41, 5.74) is 2.80. The Morgan fingerprint density at radius 2 is 1.72 bits per heavy atom. The molecule has 7 heteroatoms. The maximum atomic E-state index is 12.9. The van der Waals surface area contributed by atoms with Crippen molar-refractivity contribution in [2.75, 3.05) is 22.4 Å². The van der Waals surface area contributed by atoms with Gasteiger partial charge < -0.3 is 4.90 Å². The van der Waals surface area contributed by atoms with Crippen molar-refractivity contribution in [3.63, 3.8) is 0 Å². The second-order valence-corrected chi connectivity index (χ2v) is 9.20. The number of anilines is 2. The summed E-state index contributed by atoms with van der Waals surface area (Å²) in [5, 5.41) is 0. The van der Waals surface area contributed by atoms with Crippen molar-refractivity contribution in [3.8, 4) is 0 Å². The number of thioether (sulfide) groups is 1. The average Bonchev–Trinajstić information content (AvgIpc) is 3.17. The number of rotatable bonds is 5. The largest absolute Gasteiger partial charge is 0.308 e. The molecule has 1 N–H and O–H groups in total. The van der Waals surface area contributed by atoms with Crippen LogP contribution in [0, 0.1) is 0 Å². The van der Waals surface area contributed by atoms with E-state index >= 15 is 0 Å². The van der Waals surface area contributed by atoms with Gasteiger partial charge in [-0.25, -0.2) is 8.42 Å². The minimum absolute atomic E-state index is 0.0769.